The molecule has 16 heteroatoms. The smallest absolute Gasteiger partial charge is 0.254 e. The van der Waals surface area contributed by atoms with Gasteiger partial charge in [0, 0.05) is 78.7 Å². The second-order valence-corrected chi connectivity index (χ2v) is 18.3. The fraction of sp³-hybridized carbons (Fsp3) is 0.455. The Morgan fingerprint density at radius 2 is 1.04 bits per heavy atom. The van der Waals surface area contributed by atoms with Crippen molar-refractivity contribution < 1.29 is 55.6 Å². The van der Waals surface area contributed by atoms with Crippen molar-refractivity contribution >= 4 is 24.0 Å². The molecule has 3 fully saturated rings. The first-order chi connectivity index (χ1) is 34.2. The highest BCUT2D eigenvalue weighted by Gasteiger charge is 2.35. The summed E-state index contributed by atoms with van der Waals surface area (Å²) in [6.45, 7) is 7.28. The average molecular weight is 989 g/mol. The van der Waals surface area contributed by atoms with Crippen molar-refractivity contribution in [3.63, 3.8) is 0 Å². The molecule has 0 radical (unpaired) electrons. The minimum Gasteiger partial charge on any atom is -0.493 e. The number of hydrogen-bond donors (Lipinski definition) is 1. The van der Waals surface area contributed by atoms with E-state index in [1.54, 1.807) is 41.3 Å². The summed E-state index contributed by atoms with van der Waals surface area (Å²) in [6, 6.07) is 14.6. The van der Waals surface area contributed by atoms with Gasteiger partial charge >= 0.3 is 0 Å². The van der Waals surface area contributed by atoms with Crippen LogP contribution in [0.1, 0.15) is 97.1 Å². The standard InChI is InChI=1S/C30H38F2N2O4.C25H30F2N2O4/c1-20(14-21-11-12-23(31)17-26(21)32)18-33(19-25-10-7-13-34(25)24-8-5-6-9-24)30(35)22-15-27(36-2)29(38-4)28(16-22)37-3;1-16(10-17-7-8-19(26)13-21(17)27)14-29(15-20-6-5-9-28-20)25(30)18-11-22(31-2)24(33-4)23(12-18)32-3/h11-12,14-17,24-25H,5-10,13,18-19H2,1-4H3;7-8,10-13,20,28H,5-6,9,14-15H2,1-4H3/b20-14+;16-10+. The number of ether oxygens (including phenoxy) is 6. The number of rotatable bonds is 19. The number of halogens is 4. The molecule has 12 nitrogen and oxygen atoms in total. The molecule has 1 saturated carbocycles. The van der Waals surface area contributed by atoms with Crippen LogP contribution in [0.4, 0.5) is 17.6 Å². The second-order valence-electron chi connectivity index (χ2n) is 18.3. The molecule has 384 valence electrons. The number of nitrogens with one attached hydrogen (secondary N) is 1. The SMILES string of the molecule is COc1cc(C(=O)N(C/C(C)=C/c2ccc(F)cc2F)CC2CCCN2)cc(OC)c1OC.COc1cc(C(=O)N(C/C(C)=C/c2ccc(F)cc2F)CC2CCCN2C2CCCC2)cc(OC)c1OC. The van der Waals surface area contributed by atoms with Crippen LogP contribution in [0.3, 0.4) is 0 Å². The number of benzene rings is 4. The predicted molar refractivity (Wildman–Crippen MR) is 267 cm³/mol. The summed E-state index contributed by atoms with van der Waals surface area (Å²) in [6.07, 6.45) is 12.4. The topological polar surface area (TPSA) is 111 Å². The largest absolute Gasteiger partial charge is 0.493 e. The molecule has 3 aliphatic rings. The maximum absolute atomic E-state index is 14.4. The molecule has 7 rings (SSSR count). The number of nitrogens with zero attached hydrogens (tertiary/aromatic N) is 3. The van der Waals surface area contributed by atoms with Crippen LogP contribution in [0.15, 0.2) is 71.8 Å². The number of likely N-dealkylation sites (tertiary alicyclic amines) is 1. The third-order valence-electron chi connectivity index (χ3n) is 13.3. The molecule has 0 aromatic heterocycles. The Labute approximate surface area is 415 Å². The minimum absolute atomic E-state index is 0.171. The summed E-state index contributed by atoms with van der Waals surface area (Å²) in [5.74, 6) is -0.492. The first-order valence-corrected chi connectivity index (χ1v) is 24.1. The lowest BCUT2D eigenvalue weighted by atomic mass is 10.1. The first kappa shape index (κ1) is 54.1. The molecule has 1 aliphatic carbocycles. The summed E-state index contributed by atoms with van der Waals surface area (Å²) in [4.78, 5) is 33.7. The molecule has 2 amide bonds. The van der Waals surface area contributed by atoms with Crippen molar-refractivity contribution in [2.24, 2.45) is 0 Å². The van der Waals surface area contributed by atoms with Gasteiger partial charge in [0.1, 0.15) is 23.3 Å². The number of carbonyl (C=O) groups is 2. The molecule has 71 heavy (non-hydrogen) atoms. The highest BCUT2D eigenvalue weighted by Crippen LogP contribution is 2.40. The van der Waals surface area contributed by atoms with E-state index < -0.39 is 23.3 Å². The lowest BCUT2D eigenvalue weighted by Crippen LogP contribution is -2.46. The van der Waals surface area contributed by atoms with Crippen LogP contribution in [0, 0.1) is 23.3 Å². The molecule has 0 spiro atoms. The molecule has 2 unspecified atom stereocenters. The molecule has 0 bridgehead atoms. The van der Waals surface area contributed by atoms with E-state index in [0.29, 0.717) is 71.3 Å². The van der Waals surface area contributed by atoms with Crippen molar-refractivity contribution in [3.05, 3.63) is 117 Å². The van der Waals surface area contributed by atoms with Gasteiger partial charge in [-0.2, -0.15) is 0 Å². The highest BCUT2D eigenvalue weighted by atomic mass is 19.1. The van der Waals surface area contributed by atoms with Gasteiger partial charge in [0.05, 0.1) is 42.7 Å². The van der Waals surface area contributed by atoms with Gasteiger partial charge in [0.25, 0.3) is 11.8 Å². The molecule has 2 atom stereocenters. The van der Waals surface area contributed by atoms with Gasteiger partial charge in [-0.1, -0.05) is 36.1 Å². The average Bonchev–Trinajstić information content (AvgIpc) is 4.19. The molecule has 2 aliphatic heterocycles. The quantitative estimate of drug-likeness (QED) is 0.0912. The number of carbonyl (C=O) groups excluding carboxylic acids is 2. The lowest BCUT2D eigenvalue weighted by Gasteiger charge is -2.34. The van der Waals surface area contributed by atoms with E-state index in [9.17, 15) is 27.2 Å². The summed E-state index contributed by atoms with van der Waals surface area (Å²) in [5, 5.41) is 3.41. The van der Waals surface area contributed by atoms with Gasteiger partial charge in [0.2, 0.25) is 11.5 Å². The zero-order valence-corrected chi connectivity index (χ0v) is 42.2. The lowest BCUT2D eigenvalue weighted by molar-refractivity contribution is 0.0695. The van der Waals surface area contributed by atoms with Crippen molar-refractivity contribution in [1.29, 1.82) is 0 Å². The number of hydrogen-bond acceptors (Lipinski definition) is 10. The maximum atomic E-state index is 14.4. The Bertz CT molecular complexity index is 2480. The van der Waals surface area contributed by atoms with E-state index in [2.05, 4.69) is 10.2 Å². The zero-order chi connectivity index (χ0) is 51.2. The normalized spacial score (nSPS) is 17.4. The Morgan fingerprint density at radius 1 is 0.592 bits per heavy atom. The van der Waals surface area contributed by atoms with E-state index >= 15 is 0 Å². The van der Waals surface area contributed by atoms with E-state index in [1.165, 1.54) is 92.6 Å². The number of amides is 2. The Morgan fingerprint density at radius 3 is 1.44 bits per heavy atom. The third-order valence-corrected chi connectivity index (χ3v) is 13.3. The maximum Gasteiger partial charge on any atom is 0.254 e. The molecular formula is C55H68F4N4O8. The van der Waals surface area contributed by atoms with E-state index in [0.717, 1.165) is 62.1 Å². The Balaban J connectivity index is 0.000000235. The third kappa shape index (κ3) is 14.0. The van der Waals surface area contributed by atoms with E-state index in [4.69, 9.17) is 28.4 Å². The van der Waals surface area contributed by atoms with Crippen molar-refractivity contribution in [2.45, 2.75) is 83.3 Å². The summed E-state index contributed by atoms with van der Waals surface area (Å²) in [7, 11) is 9.06. The molecule has 4 aromatic carbocycles. The van der Waals surface area contributed by atoms with Crippen LogP contribution in [0.2, 0.25) is 0 Å². The van der Waals surface area contributed by atoms with Crippen molar-refractivity contribution in [2.75, 3.05) is 81.9 Å². The molecule has 2 saturated heterocycles. The molecule has 2 heterocycles. The van der Waals surface area contributed by atoms with Crippen LogP contribution in [-0.2, 0) is 0 Å². The minimum atomic E-state index is -0.644. The van der Waals surface area contributed by atoms with Gasteiger partial charge in [-0.25, -0.2) is 17.6 Å². The summed E-state index contributed by atoms with van der Waals surface area (Å²) in [5.41, 5.74) is 2.93. The molecule has 4 aromatic rings. The Kier molecular flexibility index (Phi) is 19.6. The fourth-order valence-corrected chi connectivity index (χ4v) is 9.88. The van der Waals surface area contributed by atoms with Gasteiger partial charge in [0.15, 0.2) is 23.0 Å². The first-order valence-electron chi connectivity index (χ1n) is 24.1. The van der Waals surface area contributed by atoms with Gasteiger partial charge in [-0.3, -0.25) is 14.5 Å². The van der Waals surface area contributed by atoms with Crippen LogP contribution in [-0.4, -0.2) is 127 Å². The fourth-order valence-electron chi connectivity index (χ4n) is 9.88. The highest BCUT2D eigenvalue weighted by molar-refractivity contribution is 5.96. The van der Waals surface area contributed by atoms with E-state index in [-0.39, 0.29) is 41.6 Å². The summed E-state index contributed by atoms with van der Waals surface area (Å²) < 4.78 is 87.7. The van der Waals surface area contributed by atoms with Crippen molar-refractivity contribution in [3.8, 4) is 34.5 Å². The van der Waals surface area contributed by atoms with Gasteiger partial charge in [-0.05, 0) is 114 Å². The van der Waals surface area contributed by atoms with Crippen LogP contribution < -0.4 is 33.7 Å². The van der Waals surface area contributed by atoms with E-state index in [1.807, 2.05) is 18.7 Å². The second kappa shape index (κ2) is 25.7. The van der Waals surface area contributed by atoms with Gasteiger partial charge in [-0.15, -0.1) is 0 Å². The van der Waals surface area contributed by atoms with Crippen LogP contribution in [0.5, 0.6) is 34.5 Å². The van der Waals surface area contributed by atoms with Crippen molar-refractivity contribution in [1.82, 2.24) is 20.0 Å². The molecule has 1 N–H and O–H groups in total. The Hall–Kier alpha value is -6.26. The molecular weight excluding hydrogens is 921 g/mol. The predicted octanol–water partition coefficient (Wildman–Crippen LogP) is 10.2. The van der Waals surface area contributed by atoms with Crippen LogP contribution in [0.25, 0.3) is 12.2 Å². The number of methoxy groups -OCH3 is 6. The summed E-state index contributed by atoms with van der Waals surface area (Å²) >= 11 is 0. The van der Waals surface area contributed by atoms with Gasteiger partial charge < -0.3 is 43.5 Å². The van der Waals surface area contributed by atoms with Crippen LogP contribution >= 0.6 is 0 Å². The zero-order valence-electron chi connectivity index (χ0n) is 42.2. The monoisotopic (exact) mass is 988 g/mol.